The third kappa shape index (κ3) is 2.49. The van der Waals surface area contributed by atoms with E-state index in [1.165, 1.54) is 12.1 Å². The molecule has 0 amide bonds. The molecule has 17 heavy (non-hydrogen) atoms. The molecular weight excluding hydrogens is 223 g/mol. The number of nitrogens with two attached hydrogens (primary N) is 1. The molecule has 0 unspecified atom stereocenters. The van der Waals surface area contributed by atoms with Gasteiger partial charge in [0.2, 0.25) is 0 Å². The Morgan fingerprint density at radius 1 is 1.53 bits per heavy atom. The molecular formula is C12H15FN2O2. The molecule has 1 aromatic rings. The van der Waals surface area contributed by atoms with E-state index in [0.717, 1.165) is 12.8 Å². The number of carboxylic acids is 1. The van der Waals surface area contributed by atoms with Gasteiger partial charge in [-0.3, -0.25) is 4.39 Å². The first-order valence-corrected chi connectivity index (χ1v) is 5.49. The summed E-state index contributed by atoms with van der Waals surface area (Å²) in [5, 5.41) is 11.9. The van der Waals surface area contributed by atoms with E-state index in [-0.39, 0.29) is 17.7 Å². The average Bonchev–Trinajstić information content (AvgIpc) is 3.08. The molecule has 0 heterocycles. The molecule has 5 heteroatoms. The summed E-state index contributed by atoms with van der Waals surface area (Å²) in [6, 6.07) is 4.47. The van der Waals surface area contributed by atoms with E-state index >= 15 is 0 Å². The normalized spacial score (nSPS) is 16.5. The molecule has 0 spiro atoms. The topological polar surface area (TPSA) is 75.4 Å². The second-order valence-corrected chi connectivity index (χ2v) is 4.59. The van der Waals surface area contributed by atoms with Gasteiger partial charge in [0.05, 0.1) is 23.6 Å². The Morgan fingerprint density at radius 2 is 2.24 bits per heavy atom. The van der Waals surface area contributed by atoms with Crippen molar-refractivity contribution in [2.75, 3.05) is 24.3 Å². The number of hydrogen-bond acceptors (Lipinski definition) is 3. The maximum atomic E-state index is 12.7. The predicted octanol–water partition coefficient (Wildman–Crippen LogP) is 2.13. The fourth-order valence-electron chi connectivity index (χ4n) is 1.66. The number of nitrogens with one attached hydrogen (secondary N) is 1. The van der Waals surface area contributed by atoms with E-state index in [2.05, 4.69) is 5.32 Å². The Morgan fingerprint density at radius 3 is 2.76 bits per heavy atom. The predicted molar refractivity (Wildman–Crippen MR) is 63.9 cm³/mol. The summed E-state index contributed by atoms with van der Waals surface area (Å²) in [6.07, 6.45) is 1.74. The fourth-order valence-corrected chi connectivity index (χ4v) is 1.66. The third-order valence-electron chi connectivity index (χ3n) is 3.19. The minimum absolute atomic E-state index is 0.173. The van der Waals surface area contributed by atoms with Crippen molar-refractivity contribution in [3.8, 4) is 0 Å². The van der Waals surface area contributed by atoms with Gasteiger partial charge in [0, 0.05) is 12.0 Å². The Kier molecular flexibility index (Phi) is 2.92. The van der Waals surface area contributed by atoms with E-state index < -0.39 is 5.97 Å². The van der Waals surface area contributed by atoms with Gasteiger partial charge in [-0.2, -0.15) is 0 Å². The molecule has 0 atom stereocenters. The molecule has 1 saturated carbocycles. The van der Waals surface area contributed by atoms with Crippen molar-refractivity contribution in [3.05, 3.63) is 23.8 Å². The van der Waals surface area contributed by atoms with Crippen molar-refractivity contribution in [1.29, 1.82) is 0 Å². The van der Waals surface area contributed by atoms with Crippen molar-refractivity contribution in [3.63, 3.8) is 0 Å². The van der Waals surface area contributed by atoms with E-state index in [1.807, 2.05) is 0 Å². The first-order chi connectivity index (χ1) is 8.06. The van der Waals surface area contributed by atoms with Crippen molar-refractivity contribution >= 4 is 17.3 Å². The highest BCUT2D eigenvalue weighted by atomic mass is 19.1. The lowest BCUT2D eigenvalue weighted by molar-refractivity contribution is 0.0697. The van der Waals surface area contributed by atoms with Gasteiger partial charge in [0.15, 0.2) is 0 Å². The van der Waals surface area contributed by atoms with Crippen LogP contribution in [-0.2, 0) is 0 Å². The molecule has 0 aliphatic heterocycles. The molecule has 0 aromatic heterocycles. The highest BCUT2D eigenvalue weighted by Gasteiger charge is 2.42. The van der Waals surface area contributed by atoms with E-state index in [1.54, 1.807) is 6.07 Å². The Bertz CT molecular complexity index is 444. The molecule has 1 fully saturated rings. The molecule has 4 nitrogen and oxygen atoms in total. The Hall–Kier alpha value is -1.78. The molecule has 92 valence electrons. The number of carbonyl (C=O) groups is 1. The van der Waals surface area contributed by atoms with Gasteiger partial charge >= 0.3 is 5.97 Å². The van der Waals surface area contributed by atoms with Gasteiger partial charge in [-0.1, -0.05) is 0 Å². The summed E-state index contributed by atoms with van der Waals surface area (Å²) in [4.78, 5) is 10.8. The number of hydrogen-bond donors (Lipinski definition) is 3. The number of benzene rings is 1. The molecule has 0 radical (unpaired) electrons. The summed E-state index contributed by atoms with van der Waals surface area (Å²) in [5.74, 6) is -1.00. The van der Waals surface area contributed by atoms with Crippen LogP contribution in [0.15, 0.2) is 18.2 Å². The van der Waals surface area contributed by atoms with E-state index in [0.29, 0.717) is 17.9 Å². The summed E-state index contributed by atoms with van der Waals surface area (Å²) in [5.41, 5.74) is 6.68. The molecule has 0 bridgehead atoms. The second kappa shape index (κ2) is 4.24. The third-order valence-corrected chi connectivity index (χ3v) is 3.19. The van der Waals surface area contributed by atoms with Gasteiger partial charge in [0.25, 0.3) is 0 Å². The lowest BCUT2D eigenvalue weighted by Gasteiger charge is -2.14. The van der Waals surface area contributed by atoms with Crippen LogP contribution in [0.2, 0.25) is 0 Å². The van der Waals surface area contributed by atoms with Crippen LogP contribution in [0.3, 0.4) is 0 Å². The van der Waals surface area contributed by atoms with Gasteiger partial charge in [-0.25, -0.2) is 4.79 Å². The van der Waals surface area contributed by atoms with Crippen LogP contribution >= 0.6 is 0 Å². The van der Waals surface area contributed by atoms with Crippen LogP contribution in [0.5, 0.6) is 0 Å². The molecule has 0 saturated heterocycles. The van der Waals surface area contributed by atoms with Crippen LogP contribution in [0.1, 0.15) is 23.2 Å². The first kappa shape index (κ1) is 11.7. The van der Waals surface area contributed by atoms with Crippen LogP contribution < -0.4 is 11.1 Å². The van der Waals surface area contributed by atoms with Gasteiger partial charge < -0.3 is 16.2 Å². The Labute approximate surface area is 98.6 Å². The minimum Gasteiger partial charge on any atom is -0.478 e. The van der Waals surface area contributed by atoms with Crippen LogP contribution in [0, 0.1) is 5.41 Å². The maximum Gasteiger partial charge on any atom is 0.335 e. The van der Waals surface area contributed by atoms with Crippen LogP contribution in [0.25, 0.3) is 0 Å². The van der Waals surface area contributed by atoms with E-state index in [9.17, 15) is 9.18 Å². The van der Waals surface area contributed by atoms with E-state index in [4.69, 9.17) is 10.8 Å². The number of nitrogen functional groups attached to an aromatic ring is 1. The first-order valence-electron chi connectivity index (χ1n) is 5.49. The number of anilines is 2. The van der Waals surface area contributed by atoms with Crippen LogP contribution in [-0.4, -0.2) is 24.3 Å². The number of rotatable bonds is 5. The number of alkyl halides is 1. The second-order valence-electron chi connectivity index (χ2n) is 4.59. The van der Waals surface area contributed by atoms with Gasteiger partial charge in [-0.15, -0.1) is 0 Å². The lowest BCUT2D eigenvalue weighted by Crippen LogP contribution is -2.18. The summed E-state index contributed by atoms with van der Waals surface area (Å²) in [7, 11) is 0. The standard InChI is InChI=1S/C12H15FN2O2/c13-6-12(3-4-12)7-15-10-5-8(11(16)17)1-2-9(10)14/h1-2,5,15H,3-4,6-7,14H2,(H,16,17). The van der Waals surface area contributed by atoms with Gasteiger partial charge in [0.1, 0.15) is 0 Å². The molecule has 1 aromatic carbocycles. The summed E-state index contributed by atoms with van der Waals surface area (Å²) in [6.45, 7) is 0.148. The zero-order valence-electron chi connectivity index (χ0n) is 9.37. The molecule has 4 N–H and O–H groups in total. The van der Waals surface area contributed by atoms with Crippen molar-refractivity contribution in [1.82, 2.24) is 0 Å². The number of carboxylic acid groups (broad SMARTS) is 1. The maximum absolute atomic E-state index is 12.7. The quantitative estimate of drug-likeness (QED) is 0.687. The lowest BCUT2D eigenvalue weighted by atomic mass is 10.1. The van der Waals surface area contributed by atoms with Gasteiger partial charge in [-0.05, 0) is 31.0 Å². The average molecular weight is 238 g/mol. The molecule has 2 rings (SSSR count). The largest absolute Gasteiger partial charge is 0.478 e. The SMILES string of the molecule is Nc1ccc(C(=O)O)cc1NCC1(CF)CC1. The molecule has 1 aliphatic rings. The summed E-state index contributed by atoms with van der Waals surface area (Å²) < 4.78 is 12.7. The number of halogens is 1. The highest BCUT2D eigenvalue weighted by Crippen LogP contribution is 2.46. The molecule has 1 aliphatic carbocycles. The summed E-state index contributed by atoms with van der Waals surface area (Å²) >= 11 is 0. The Balaban J connectivity index is 2.09. The van der Waals surface area contributed by atoms with Crippen molar-refractivity contribution in [2.24, 2.45) is 5.41 Å². The zero-order valence-corrected chi connectivity index (χ0v) is 9.37. The monoisotopic (exact) mass is 238 g/mol. The smallest absolute Gasteiger partial charge is 0.335 e. The number of aromatic carboxylic acids is 1. The highest BCUT2D eigenvalue weighted by molar-refractivity contribution is 5.90. The van der Waals surface area contributed by atoms with Crippen molar-refractivity contribution in [2.45, 2.75) is 12.8 Å². The minimum atomic E-state index is -1.00. The zero-order chi connectivity index (χ0) is 12.5. The van der Waals surface area contributed by atoms with Crippen LogP contribution in [0.4, 0.5) is 15.8 Å². The fraction of sp³-hybridized carbons (Fsp3) is 0.417. The van der Waals surface area contributed by atoms with Crippen molar-refractivity contribution < 1.29 is 14.3 Å².